The summed E-state index contributed by atoms with van der Waals surface area (Å²) in [7, 11) is 0. The van der Waals surface area contributed by atoms with Gasteiger partial charge < -0.3 is 17.8 Å². The summed E-state index contributed by atoms with van der Waals surface area (Å²) in [4.78, 5) is 0. The second-order valence-corrected chi connectivity index (χ2v) is 4.71. The second kappa shape index (κ2) is 5.92. The predicted molar refractivity (Wildman–Crippen MR) is 66.2 cm³/mol. The summed E-state index contributed by atoms with van der Waals surface area (Å²) in [5.41, 5.74) is 0. The minimum atomic E-state index is -1.84. The fourth-order valence-electron chi connectivity index (χ4n) is 0.843. The molecular weight excluding hydrogens is 268 g/mol. The summed E-state index contributed by atoms with van der Waals surface area (Å²) in [5, 5.41) is 3.39. The van der Waals surface area contributed by atoms with Gasteiger partial charge in [-0.05, 0) is 36.0 Å². The molecule has 0 spiro atoms. The summed E-state index contributed by atoms with van der Waals surface area (Å²) >= 11 is 0.833. The molecule has 0 radical (unpaired) electrons. The van der Waals surface area contributed by atoms with Crippen LogP contribution in [0.25, 0.3) is 0 Å². The van der Waals surface area contributed by atoms with Gasteiger partial charge in [-0.25, -0.2) is 0 Å². The minimum absolute atomic E-state index is 0.494. The normalized spacial score (nSPS) is 18.3. The molecule has 0 saturated carbocycles. The molecule has 0 amide bonds. The van der Waals surface area contributed by atoms with Gasteiger partial charge in [-0.1, -0.05) is 0 Å². The van der Waals surface area contributed by atoms with Crippen LogP contribution in [-0.4, -0.2) is 4.21 Å². The molecule has 0 bridgehead atoms. The van der Waals surface area contributed by atoms with Gasteiger partial charge in [0.05, 0.1) is 0 Å². The summed E-state index contributed by atoms with van der Waals surface area (Å²) < 4.78 is 27.3. The highest BCUT2D eigenvalue weighted by Crippen LogP contribution is 2.17. The maximum absolute atomic E-state index is 11.4. The standard InChI is InChI=1S/C8H8N2O3S3/c11-16(12-7-1-3-9-14-5-7)13-8-2-4-10-15-6-8/h1-6,9-10H. The van der Waals surface area contributed by atoms with E-state index in [9.17, 15) is 4.21 Å². The van der Waals surface area contributed by atoms with Crippen molar-refractivity contribution in [3.05, 3.63) is 46.9 Å². The van der Waals surface area contributed by atoms with Crippen LogP contribution in [0.15, 0.2) is 46.9 Å². The lowest BCUT2D eigenvalue weighted by Gasteiger charge is -2.10. The van der Waals surface area contributed by atoms with Crippen molar-refractivity contribution in [2.24, 2.45) is 0 Å². The van der Waals surface area contributed by atoms with Gasteiger partial charge in [0.2, 0.25) is 0 Å². The molecule has 2 aliphatic heterocycles. The van der Waals surface area contributed by atoms with Crippen LogP contribution in [0.5, 0.6) is 0 Å². The van der Waals surface area contributed by atoms with Crippen LogP contribution in [-0.2, 0) is 19.7 Å². The van der Waals surface area contributed by atoms with E-state index < -0.39 is 11.4 Å². The highest BCUT2D eigenvalue weighted by atomic mass is 32.2. The zero-order chi connectivity index (χ0) is 11.2. The average Bonchev–Trinajstić information content (AvgIpc) is 2.31. The molecule has 86 valence electrons. The Balaban J connectivity index is 1.84. The maximum atomic E-state index is 11.4. The van der Waals surface area contributed by atoms with E-state index in [0.717, 1.165) is 0 Å². The third-order valence-corrected chi connectivity index (χ3v) is 3.35. The van der Waals surface area contributed by atoms with Crippen LogP contribution in [0.1, 0.15) is 0 Å². The molecule has 2 heterocycles. The Morgan fingerprint density at radius 3 is 1.88 bits per heavy atom. The Hall–Kier alpha value is -0.990. The topological polar surface area (TPSA) is 59.6 Å². The summed E-state index contributed by atoms with van der Waals surface area (Å²) in [6, 6.07) is 0. The second-order valence-electron chi connectivity index (χ2n) is 2.55. The van der Waals surface area contributed by atoms with Gasteiger partial charge in [-0.15, -0.1) is 0 Å². The number of hydrogen-bond acceptors (Lipinski definition) is 7. The van der Waals surface area contributed by atoms with Crippen molar-refractivity contribution < 1.29 is 12.6 Å². The van der Waals surface area contributed by atoms with Crippen molar-refractivity contribution in [2.75, 3.05) is 0 Å². The molecule has 2 N–H and O–H groups in total. The van der Waals surface area contributed by atoms with Crippen LogP contribution >= 0.6 is 23.9 Å². The molecule has 5 nitrogen and oxygen atoms in total. The first kappa shape index (κ1) is 11.5. The van der Waals surface area contributed by atoms with Crippen LogP contribution < -0.4 is 9.44 Å². The largest absolute Gasteiger partial charge is 0.417 e. The van der Waals surface area contributed by atoms with E-state index in [2.05, 4.69) is 9.44 Å². The van der Waals surface area contributed by atoms with Gasteiger partial charge in [0, 0.05) is 23.2 Å². The van der Waals surface area contributed by atoms with Crippen molar-refractivity contribution in [1.82, 2.24) is 9.44 Å². The molecule has 0 atom stereocenters. The third kappa shape index (κ3) is 3.54. The molecule has 0 aliphatic carbocycles. The quantitative estimate of drug-likeness (QED) is 0.759. The molecule has 0 unspecified atom stereocenters. The molecule has 2 aliphatic rings. The molecule has 0 aromatic rings. The van der Waals surface area contributed by atoms with E-state index in [-0.39, 0.29) is 0 Å². The van der Waals surface area contributed by atoms with Gasteiger partial charge >= 0.3 is 11.4 Å². The van der Waals surface area contributed by atoms with E-state index >= 15 is 0 Å². The summed E-state index contributed by atoms with van der Waals surface area (Å²) in [5.74, 6) is 0.988. The molecular formula is C8H8N2O3S3. The Morgan fingerprint density at radius 1 is 1.00 bits per heavy atom. The average molecular weight is 276 g/mol. The van der Waals surface area contributed by atoms with Gasteiger partial charge in [0.25, 0.3) is 0 Å². The maximum Gasteiger partial charge on any atom is 0.417 e. The molecule has 2 rings (SSSR count). The van der Waals surface area contributed by atoms with Crippen LogP contribution in [0, 0.1) is 0 Å². The van der Waals surface area contributed by atoms with Crippen molar-refractivity contribution in [2.45, 2.75) is 0 Å². The molecule has 0 saturated heterocycles. The predicted octanol–water partition coefficient (Wildman–Crippen LogP) is 1.81. The lowest BCUT2D eigenvalue weighted by atomic mass is 10.5. The fourth-order valence-corrected chi connectivity index (χ4v) is 2.44. The van der Waals surface area contributed by atoms with E-state index in [4.69, 9.17) is 8.37 Å². The Bertz CT molecular complexity index is 367. The first-order valence-electron chi connectivity index (χ1n) is 4.19. The van der Waals surface area contributed by atoms with Gasteiger partial charge in [0.1, 0.15) is 0 Å². The molecule has 16 heavy (non-hydrogen) atoms. The molecule has 0 aromatic heterocycles. The molecule has 8 heteroatoms. The zero-order valence-electron chi connectivity index (χ0n) is 7.91. The van der Waals surface area contributed by atoms with Gasteiger partial charge in [0.15, 0.2) is 11.5 Å². The monoisotopic (exact) mass is 276 g/mol. The highest BCUT2D eigenvalue weighted by molar-refractivity contribution is 8.00. The van der Waals surface area contributed by atoms with Gasteiger partial charge in [-0.2, -0.15) is 4.21 Å². The third-order valence-electron chi connectivity index (χ3n) is 1.45. The van der Waals surface area contributed by atoms with E-state index in [1.807, 2.05) is 0 Å². The lowest BCUT2D eigenvalue weighted by Crippen LogP contribution is -2.05. The van der Waals surface area contributed by atoms with E-state index in [1.54, 1.807) is 35.4 Å². The molecule has 0 aromatic carbocycles. The SMILES string of the molecule is O=S(OC1=CSNC=C1)OC1=CSNC=C1. The molecule has 0 fully saturated rings. The minimum Gasteiger partial charge on any atom is -0.370 e. The van der Waals surface area contributed by atoms with Crippen molar-refractivity contribution in [3.63, 3.8) is 0 Å². The number of rotatable bonds is 4. The van der Waals surface area contributed by atoms with E-state index in [0.29, 0.717) is 11.5 Å². The number of allylic oxidation sites excluding steroid dienone is 2. The highest BCUT2D eigenvalue weighted by Gasteiger charge is 2.09. The number of nitrogens with one attached hydrogen (secondary N) is 2. The van der Waals surface area contributed by atoms with Gasteiger partial charge in [-0.3, -0.25) is 0 Å². The summed E-state index contributed by atoms with van der Waals surface area (Å²) in [6.07, 6.45) is 6.71. The Kier molecular flexibility index (Phi) is 4.25. The Labute approximate surface area is 104 Å². The van der Waals surface area contributed by atoms with Crippen LogP contribution in [0.2, 0.25) is 0 Å². The number of hydrogen-bond donors (Lipinski definition) is 2. The smallest absolute Gasteiger partial charge is 0.370 e. The van der Waals surface area contributed by atoms with Crippen molar-refractivity contribution >= 4 is 35.3 Å². The zero-order valence-corrected chi connectivity index (χ0v) is 10.4. The van der Waals surface area contributed by atoms with Crippen LogP contribution in [0.4, 0.5) is 0 Å². The van der Waals surface area contributed by atoms with E-state index in [1.165, 1.54) is 23.9 Å². The fraction of sp³-hybridized carbons (Fsp3) is 0. The van der Waals surface area contributed by atoms with Crippen molar-refractivity contribution in [1.29, 1.82) is 0 Å². The first-order chi connectivity index (χ1) is 7.84. The van der Waals surface area contributed by atoms with Crippen LogP contribution in [0.3, 0.4) is 0 Å². The summed E-state index contributed by atoms with van der Waals surface area (Å²) in [6.45, 7) is 0. The first-order valence-corrected chi connectivity index (χ1v) is 6.95. The van der Waals surface area contributed by atoms with Crippen molar-refractivity contribution in [3.8, 4) is 0 Å². The Morgan fingerprint density at radius 2 is 1.50 bits per heavy atom. The lowest BCUT2D eigenvalue weighted by molar-refractivity contribution is 0.363.